The van der Waals surface area contributed by atoms with Crippen molar-refractivity contribution in [1.82, 2.24) is 19.5 Å². The molecule has 0 atom stereocenters. The Balaban J connectivity index is 1.45. The zero-order valence-corrected chi connectivity index (χ0v) is 18.2. The molecule has 0 radical (unpaired) electrons. The number of methoxy groups -OCH3 is 2. The zero-order valence-electron chi connectivity index (χ0n) is 18.2. The van der Waals surface area contributed by atoms with E-state index in [9.17, 15) is 8.78 Å². The lowest BCUT2D eigenvalue weighted by Crippen LogP contribution is -2.06. The molecule has 2 aromatic carbocycles. The summed E-state index contributed by atoms with van der Waals surface area (Å²) in [5.74, 6) is -0.316. The van der Waals surface area contributed by atoms with Crippen molar-refractivity contribution in [2.75, 3.05) is 19.5 Å². The Morgan fingerprint density at radius 1 is 1.00 bits per heavy atom. The van der Waals surface area contributed by atoms with E-state index in [0.717, 1.165) is 5.69 Å². The van der Waals surface area contributed by atoms with Gasteiger partial charge in [-0.1, -0.05) is 0 Å². The second-order valence-corrected chi connectivity index (χ2v) is 7.01. The van der Waals surface area contributed by atoms with Gasteiger partial charge in [-0.05, 0) is 30.7 Å². The van der Waals surface area contributed by atoms with Gasteiger partial charge in [-0.3, -0.25) is 0 Å². The highest BCUT2D eigenvalue weighted by Gasteiger charge is 2.18. The number of nitrogens with one attached hydrogen (secondary N) is 1. The molecule has 0 saturated heterocycles. The van der Waals surface area contributed by atoms with E-state index >= 15 is 0 Å². The average Bonchev–Trinajstić information content (AvgIpc) is 3.37. The lowest BCUT2D eigenvalue weighted by atomic mass is 10.1. The van der Waals surface area contributed by atoms with Crippen LogP contribution < -0.4 is 19.5 Å². The maximum absolute atomic E-state index is 14.4. The average molecular weight is 453 g/mol. The number of rotatable bonds is 8. The van der Waals surface area contributed by atoms with E-state index in [0.29, 0.717) is 17.4 Å². The van der Waals surface area contributed by atoms with E-state index in [4.69, 9.17) is 14.2 Å². The maximum Gasteiger partial charge on any atom is 0.227 e. The van der Waals surface area contributed by atoms with Crippen LogP contribution in [0.5, 0.6) is 17.2 Å². The lowest BCUT2D eigenvalue weighted by Gasteiger charge is -2.13. The van der Waals surface area contributed by atoms with Crippen LogP contribution in [0.1, 0.15) is 11.1 Å². The van der Waals surface area contributed by atoms with Gasteiger partial charge in [0.15, 0.2) is 17.3 Å². The van der Waals surface area contributed by atoms with Crippen molar-refractivity contribution in [3.8, 4) is 22.9 Å². The van der Waals surface area contributed by atoms with Gasteiger partial charge in [0.25, 0.3) is 0 Å². The largest absolute Gasteiger partial charge is 0.494 e. The molecule has 0 aliphatic rings. The Morgan fingerprint density at radius 3 is 2.42 bits per heavy atom. The second kappa shape index (κ2) is 9.51. The molecule has 0 saturated carbocycles. The summed E-state index contributed by atoms with van der Waals surface area (Å²) in [6.07, 6.45) is 8.00. The van der Waals surface area contributed by atoms with E-state index in [2.05, 4.69) is 20.3 Å². The Hall–Kier alpha value is -4.21. The lowest BCUT2D eigenvalue weighted by molar-refractivity contribution is 0.285. The molecule has 10 heteroatoms. The van der Waals surface area contributed by atoms with Crippen molar-refractivity contribution >= 4 is 11.6 Å². The van der Waals surface area contributed by atoms with Crippen molar-refractivity contribution in [2.24, 2.45) is 0 Å². The van der Waals surface area contributed by atoms with Gasteiger partial charge < -0.3 is 24.1 Å². The molecule has 170 valence electrons. The summed E-state index contributed by atoms with van der Waals surface area (Å²) < 4.78 is 46.5. The van der Waals surface area contributed by atoms with Crippen LogP contribution in [0.4, 0.5) is 20.4 Å². The van der Waals surface area contributed by atoms with Crippen LogP contribution in [0.25, 0.3) is 5.69 Å². The maximum atomic E-state index is 14.4. The number of imidazole rings is 1. The number of aromatic nitrogens is 4. The van der Waals surface area contributed by atoms with Gasteiger partial charge in [0, 0.05) is 24.1 Å². The molecule has 8 nitrogen and oxygen atoms in total. The van der Waals surface area contributed by atoms with Gasteiger partial charge in [-0.2, -0.15) is 0 Å². The summed E-state index contributed by atoms with van der Waals surface area (Å²) in [4.78, 5) is 12.4. The van der Waals surface area contributed by atoms with E-state index < -0.39 is 11.6 Å². The number of hydrogen-bond donors (Lipinski definition) is 1. The van der Waals surface area contributed by atoms with Crippen molar-refractivity contribution in [1.29, 1.82) is 0 Å². The van der Waals surface area contributed by atoms with Crippen LogP contribution in [0, 0.1) is 18.6 Å². The van der Waals surface area contributed by atoms with Gasteiger partial charge in [0.1, 0.15) is 18.2 Å². The SMILES string of the molecule is COc1cc(Nc2ncc(OCc3c(F)c(C)cc(OC)c3F)cn2)ccc1-n1ccnc1. The fourth-order valence-electron chi connectivity index (χ4n) is 3.19. The van der Waals surface area contributed by atoms with E-state index in [-0.39, 0.29) is 29.2 Å². The van der Waals surface area contributed by atoms with Crippen LogP contribution >= 0.6 is 0 Å². The second-order valence-electron chi connectivity index (χ2n) is 7.01. The van der Waals surface area contributed by atoms with E-state index in [1.54, 1.807) is 25.7 Å². The molecule has 2 heterocycles. The molecular formula is C23H21F2N5O3. The number of nitrogens with zero attached hydrogens (tertiary/aromatic N) is 4. The van der Waals surface area contributed by atoms with Gasteiger partial charge in [-0.15, -0.1) is 0 Å². The molecular weight excluding hydrogens is 432 g/mol. The highest BCUT2D eigenvalue weighted by Crippen LogP contribution is 2.29. The molecule has 1 N–H and O–H groups in total. The molecule has 4 rings (SSSR count). The third-order valence-electron chi connectivity index (χ3n) is 4.89. The van der Waals surface area contributed by atoms with Crippen molar-refractivity contribution in [3.63, 3.8) is 0 Å². The predicted octanol–water partition coefficient (Wildman–Crippen LogP) is 4.59. The summed E-state index contributed by atoms with van der Waals surface area (Å²) in [5.41, 5.74) is 1.58. The Labute approximate surface area is 188 Å². The number of halogens is 2. The molecule has 0 unspecified atom stereocenters. The monoisotopic (exact) mass is 453 g/mol. The van der Waals surface area contributed by atoms with Crippen LogP contribution in [0.3, 0.4) is 0 Å². The molecule has 0 aliphatic heterocycles. The van der Waals surface area contributed by atoms with E-state index in [1.165, 1.54) is 32.5 Å². The smallest absolute Gasteiger partial charge is 0.227 e. The van der Waals surface area contributed by atoms with Crippen LogP contribution in [0.2, 0.25) is 0 Å². The zero-order chi connectivity index (χ0) is 23.4. The third-order valence-corrected chi connectivity index (χ3v) is 4.89. The molecule has 0 bridgehead atoms. The standard InChI is InChI=1S/C23H21F2N5O3/c1-14-8-20(32-3)22(25)17(21(14)24)12-33-16-10-27-23(28-11-16)29-15-4-5-18(19(9-15)31-2)30-7-6-26-13-30/h4-11,13H,12H2,1-3H3,(H,27,28,29). The predicted molar refractivity (Wildman–Crippen MR) is 117 cm³/mol. The van der Waals surface area contributed by atoms with Crippen LogP contribution in [-0.2, 0) is 6.61 Å². The first-order valence-electron chi connectivity index (χ1n) is 9.90. The van der Waals surface area contributed by atoms with Crippen LogP contribution in [0.15, 0.2) is 55.4 Å². The molecule has 0 spiro atoms. The topological polar surface area (TPSA) is 83.3 Å². The summed E-state index contributed by atoms with van der Waals surface area (Å²) in [6, 6.07) is 6.83. The summed E-state index contributed by atoms with van der Waals surface area (Å²) in [7, 11) is 2.90. The number of anilines is 2. The minimum atomic E-state index is -0.798. The van der Waals surface area contributed by atoms with Gasteiger partial charge in [0.05, 0.1) is 44.2 Å². The van der Waals surface area contributed by atoms with Crippen LogP contribution in [-0.4, -0.2) is 33.7 Å². The number of ether oxygens (including phenoxy) is 3. The van der Waals surface area contributed by atoms with E-state index in [1.807, 2.05) is 22.9 Å². The first-order chi connectivity index (χ1) is 16.0. The van der Waals surface area contributed by atoms with Gasteiger partial charge in [0.2, 0.25) is 5.95 Å². The third kappa shape index (κ3) is 4.69. The molecule has 0 fully saturated rings. The summed E-state index contributed by atoms with van der Waals surface area (Å²) in [6.45, 7) is 1.19. The molecule has 0 aliphatic carbocycles. The van der Waals surface area contributed by atoms with Crippen molar-refractivity contribution in [3.05, 3.63) is 78.1 Å². The summed E-state index contributed by atoms with van der Waals surface area (Å²) >= 11 is 0. The summed E-state index contributed by atoms with van der Waals surface area (Å²) in [5, 5.41) is 3.07. The first-order valence-corrected chi connectivity index (χ1v) is 9.90. The fourth-order valence-corrected chi connectivity index (χ4v) is 3.19. The normalized spacial score (nSPS) is 10.7. The molecule has 0 amide bonds. The first kappa shape index (κ1) is 22.0. The van der Waals surface area contributed by atoms with Gasteiger partial charge in [-0.25, -0.2) is 23.7 Å². The Bertz CT molecular complexity index is 1250. The fraction of sp³-hybridized carbons (Fsp3) is 0.174. The molecule has 2 aromatic heterocycles. The highest BCUT2D eigenvalue weighted by atomic mass is 19.1. The number of benzene rings is 2. The highest BCUT2D eigenvalue weighted by molar-refractivity contribution is 5.61. The minimum absolute atomic E-state index is 0.0437. The molecule has 33 heavy (non-hydrogen) atoms. The van der Waals surface area contributed by atoms with Gasteiger partial charge >= 0.3 is 0 Å². The number of aryl methyl sites for hydroxylation is 1. The number of hydrogen-bond acceptors (Lipinski definition) is 7. The molecule has 4 aromatic rings. The van der Waals surface area contributed by atoms with Crippen molar-refractivity contribution < 1.29 is 23.0 Å². The van der Waals surface area contributed by atoms with Crippen molar-refractivity contribution in [2.45, 2.75) is 13.5 Å². The quantitative estimate of drug-likeness (QED) is 0.418. The Kier molecular flexibility index (Phi) is 6.34. The minimum Gasteiger partial charge on any atom is -0.494 e. The Morgan fingerprint density at radius 2 is 1.76 bits per heavy atom.